The third kappa shape index (κ3) is 3.49. The van der Waals surface area contributed by atoms with Crippen LogP contribution in [0.5, 0.6) is 0 Å². The fourth-order valence-corrected chi connectivity index (χ4v) is 3.62. The molecule has 0 aliphatic carbocycles. The standard InChI is InChI=1S/C19H14ClFN4O2S/c20-14-6-3-13(16(21)10-14)11-25-18(24-17-2-1-9-23-19(17)25)12-4-7-15(8-5-12)28(22,26)27/h1-10H,11H2,(H2,22,26,27). The summed E-state index contributed by atoms with van der Waals surface area (Å²) >= 11 is 5.84. The topological polar surface area (TPSA) is 90.9 Å². The van der Waals surface area contributed by atoms with Crippen molar-refractivity contribution in [2.24, 2.45) is 5.14 Å². The van der Waals surface area contributed by atoms with Crippen molar-refractivity contribution >= 4 is 32.8 Å². The van der Waals surface area contributed by atoms with Gasteiger partial charge >= 0.3 is 0 Å². The van der Waals surface area contributed by atoms with E-state index in [2.05, 4.69) is 9.97 Å². The average Bonchev–Trinajstić information content (AvgIpc) is 3.02. The number of halogens is 2. The van der Waals surface area contributed by atoms with Crippen LogP contribution in [0.3, 0.4) is 0 Å². The molecule has 6 nitrogen and oxygen atoms in total. The average molecular weight is 417 g/mol. The van der Waals surface area contributed by atoms with Crippen LogP contribution in [0, 0.1) is 5.82 Å². The molecule has 2 aromatic carbocycles. The van der Waals surface area contributed by atoms with E-state index in [1.54, 1.807) is 47.2 Å². The Kier molecular flexibility index (Phi) is 4.62. The van der Waals surface area contributed by atoms with Crippen LogP contribution in [-0.4, -0.2) is 23.0 Å². The van der Waals surface area contributed by atoms with Gasteiger partial charge in [-0.1, -0.05) is 17.7 Å². The summed E-state index contributed by atoms with van der Waals surface area (Å²) in [6, 6.07) is 14.1. The number of hydrogen-bond acceptors (Lipinski definition) is 4. The smallest absolute Gasteiger partial charge is 0.238 e. The molecule has 28 heavy (non-hydrogen) atoms. The van der Waals surface area contributed by atoms with E-state index in [0.29, 0.717) is 33.1 Å². The van der Waals surface area contributed by atoms with E-state index in [9.17, 15) is 12.8 Å². The molecule has 0 spiro atoms. The number of rotatable bonds is 4. The first kappa shape index (κ1) is 18.5. The molecule has 4 aromatic rings. The van der Waals surface area contributed by atoms with Crippen molar-refractivity contribution in [3.63, 3.8) is 0 Å². The number of fused-ring (bicyclic) bond motifs is 1. The number of aromatic nitrogens is 3. The summed E-state index contributed by atoms with van der Waals surface area (Å²) in [6.07, 6.45) is 1.63. The molecular formula is C19H14ClFN4O2S. The van der Waals surface area contributed by atoms with E-state index in [-0.39, 0.29) is 11.4 Å². The monoisotopic (exact) mass is 416 g/mol. The maximum Gasteiger partial charge on any atom is 0.238 e. The Morgan fingerprint density at radius 2 is 1.86 bits per heavy atom. The lowest BCUT2D eigenvalue weighted by Crippen LogP contribution is -2.12. The zero-order valence-corrected chi connectivity index (χ0v) is 16.0. The number of primary sulfonamides is 1. The van der Waals surface area contributed by atoms with Gasteiger partial charge in [0.15, 0.2) is 5.65 Å². The molecule has 0 bridgehead atoms. The summed E-state index contributed by atoms with van der Waals surface area (Å²) in [5, 5.41) is 5.47. The molecule has 0 saturated carbocycles. The van der Waals surface area contributed by atoms with Crippen molar-refractivity contribution in [3.05, 3.63) is 77.2 Å². The molecule has 0 amide bonds. The van der Waals surface area contributed by atoms with Gasteiger partial charge in [-0.2, -0.15) is 0 Å². The highest BCUT2D eigenvalue weighted by Gasteiger charge is 2.16. The highest BCUT2D eigenvalue weighted by molar-refractivity contribution is 7.89. The summed E-state index contributed by atoms with van der Waals surface area (Å²) in [7, 11) is -3.80. The summed E-state index contributed by atoms with van der Waals surface area (Å²) < 4.78 is 39.1. The summed E-state index contributed by atoms with van der Waals surface area (Å²) in [4.78, 5) is 8.95. The number of benzene rings is 2. The van der Waals surface area contributed by atoms with Crippen LogP contribution in [-0.2, 0) is 16.6 Å². The molecule has 0 aliphatic heterocycles. The van der Waals surface area contributed by atoms with Gasteiger partial charge in [0.2, 0.25) is 10.0 Å². The van der Waals surface area contributed by atoms with Crippen molar-refractivity contribution < 1.29 is 12.8 Å². The van der Waals surface area contributed by atoms with Crippen molar-refractivity contribution in [2.75, 3.05) is 0 Å². The Morgan fingerprint density at radius 3 is 2.54 bits per heavy atom. The lowest BCUT2D eigenvalue weighted by Gasteiger charge is -2.10. The zero-order valence-electron chi connectivity index (χ0n) is 14.4. The largest absolute Gasteiger partial charge is 0.304 e. The Morgan fingerprint density at radius 1 is 1.11 bits per heavy atom. The minimum absolute atomic E-state index is 0.000724. The van der Waals surface area contributed by atoms with Gasteiger partial charge in [-0.25, -0.2) is 27.9 Å². The van der Waals surface area contributed by atoms with Crippen LogP contribution in [0.1, 0.15) is 5.56 Å². The first-order valence-electron chi connectivity index (χ1n) is 8.21. The SMILES string of the molecule is NS(=O)(=O)c1ccc(-c2nc3cccnc3n2Cc2ccc(Cl)cc2F)cc1. The van der Waals surface area contributed by atoms with Crippen LogP contribution in [0.2, 0.25) is 5.02 Å². The highest BCUT2D eigenvalue weighted by atomic mass is 35.5. The molecule has 0 fully saturated rings. The molecule has 0 unspecified atom stereocenters. The van der Waals surface area contributed by atoms with Crippen molar-refractivity contribution in [1.82, 2.24) is 14.5 Å². The molecule has 0 saturated heterocycles. The molecule has 0 radical (unpaired) electrons. The second kappa shape index (κ2) is 6.97. The minimum Gasteiger partial charge on any atom is -0.304 e. The molecule has 9 heteroatoms. The fraction of sp³-hybridized carbons (Fsp3) is 0.0526. The Hall–Kier alpha value is -2.81. The zero-order chi connectivity index (χ0) is 19.9. The number of hydrogen-bond donors (Lipinski definition) is 1. The van der Waals surface area contributed by atoms with Gasteiger partial charge in [-0.05, 0) is 48.5 Å². The third-order valence-corrected chi connectivity index (χ3v) is 5.45. The fourth-order valence-electron chi connectivity index (χ4n) is 2.94. The summed E-state index contributed by atoms with van der Waals surface area (Å²) in [5.41, 5.74) is 2.31. The maximum atomic E-state index is 14.3. The number of pyridine rings is 1. The summed E-state index contributed by atoms with van der Waals surface area (Å²) in [6.45, 7) is 0.183. The van der Waals surface area contributed by atoms with Gasteiger partial charge in [0.05, 0.1) is 11.4 Å². The predicted molar refractivity (Wildman–Crippen MR) is 105 cm³/mol. The van der Waals surface area contributed by atoms with Crippen LogP contribution >= 0.6 is 11.6 Å². The first-order valence-corrected chi connectivity index (χ1v) is 10.1. The van der Waals surface area contributed by atoms with Crippen molar-refractivity contribution in [2.45, 2.75) is 11.4 Å². The van der Waals surface area contributed by atoms with E-state index in [4.69, 9.17) is 16.7 Å². The quantitative estimate of drug-likeness (QED) is 0.550. The van der Waals surface area contributed by atoms with Crippen LogP contribution in [0.4, 0.5) is 4.39 Å². The van der Waals surface area contributed by atoms with Crippen LogP contribution in [0.15, 0.2) is 65.7 Å². The molecule has 0 atom stereocenters. The molecule has 0 aliphatic rings. The molecule has 2 heterocycles. The number of sulfonamides is 1. The van der Waals surface area contributed by atoms with Crippen LogP contribution < -0.4 is 5.14 Å². The maximum absolute atomic E-state index is 14.3. The van der Waals surface area contributed by atoms with E-state index in [1.165, 1.54) is 18.2 Å². The van der Waals surface area contributed by atoms with Gasteiger partial charge < -0.3 is 4.57 Å². The molecule has 142 valence electrons. The van der Waals surface area contributed by atoms with E-state index in [0.717, 1.165) is 0 Å². The highest BCUT2D eigenvalue weighted by Crippen LogP contribution is 2.26. The Labute approximate surface area is 165 Å². The van der Waals surface area contributed by atoms with Crippen LogP contribution in [0.25, 0.3) is 22.6 Å². The van der Waals surface area contributed by atoms with E-state index < -0.39 is 15.8 Å². The van der Waals surface area contributed by atoms with Gasteiger partial charge in [0.1, 0.15) is 17.2 Å². The number of nitrogens with two attached hydrogens (primary N) is 1. The molecule has 2 N–H and O–H groups in total. The van der Waals surface area contributed by atoms with Crippen molar-refractivity contribution in [3.8, 4) is 11.4 Å². The number of nitrogens with zero attached hydrogens (tertiary/aromatic N) is 3. The lowest BCUT2D eigenvalue weighted by atomic mass is 10.2. The molecule has 4 rings (SSSR count). The summed E-state index contributed by atoms with van der Waals surface area (Å²) in [5.74, 6) is 0.102. The second-order valence-electron chi connectivity index (χ2n) is 6.17. The second-order valence-corrected chi connectivity index (χ2v) is 8.17. The van der Waals surface area contributed by atoms with Crippen molar-refractivity contribution in [1.29, 1.82) is 0 Å². The Balaban J connectivity index is 1.86. The number of imidazole rings is 1. The first-order chi connectivity index (χ1) is 13.3. The molecule has 2 aromatic heterocycles. The van der Waals surface area contributed by atoms with Gasteiger partial charge in [-0.15, -0.1) is 0 Å². The Bertz CT molecular complexity index is 1290. The van der Waals surface area contributed by atoms with E-state index in [1.807, 2.05) is 0 Å². The van der Waals surface area contributed by atoms with Gasteiger partial charge in [0, 0.05) is 22.3 Å². The van der Waals surface area contributed by atoms with E-state index >= 15 is 0 Å². The van der Waals surface area contributed by atoms with Gasteiger partial charge in [0.25, 0.3) is 0 Å². The lowest BCUT2D eigenvalue weighted by molar-refractivity contribution is 0.597. The predicted octanol–water partition coefficient (Wildman–Crippen LogP) is 3.59. The normalized spacial score (nSPS) is 11.8. The molecular weight excluding hydrogens is 403 g/mol. The van der Waals surface area contributed by atoms with Gasteiger partial charge in [-0.3, -0.25) is 0 Å². The minimum atomic E-state index is -3.80. The third-order valence-electron chi connectivity index (χ3n) is 4.29.